The van der Waals surface area contributed by atoms with Gasteiger partial charge >= 0.3 is 0 Å². The highest BCUT2D eigenvalue weighted by atomic mass is 19.3. The number of aliphatic hydroxyl groups excluding tert-OH is 1. The maximum Gasteiger partial charge on any atom is 0.287 e. The van der Waals surface area contributed by atoms with Crippen molar-refractivity contribution in [1.29, 1.82) is 0 Å². The summed E-state index contributed by atoms with van der Waals surface area (Å²) in [4.78, 5) is 8.14. The molecular weight excluding hydrogens is 242 g/mol. The number of nitrogens with one attached hydrogen (secondary N) is 2. The number of aryl methyl sites for hydroxylation is 1. The standard InChI is InChI=1S/C11H18F2N4O/c1-3-4-14-9-5-10(17-8(2)16-9)15-6-11(12,13)7-18/h5,18H,3-4,6-7H2,1-2H3,(H2,14,15,16,17). The van der Waals surface area contributed by atoms with E-state index in [0.29, 0.717) is 17.5 Å². The molecule has 0 saturated carbocycles. The quantitative estimate of drug-likeness (QED) is 0.695. The zero-order chi connectivity index (χ0) is 13.6. The van der Waals surface area contributed by atoms with Crippen LogP contribution in [0.5, 0.6) is 0 Å². The first-order valence-electron chi connectivity index (χ1n) is 5.79. The molecule has 0 fully saturated rings. The lowest BCUT2D eigenvalue weighted by Gasteiger charge is -2.15. The molecule has 1 aromatic heterocycles. The molecule has 1 aromatic rings. The zero-order valence-electron chi connectivity index (χ0n) is 10.5. The van der Waals surface area contributed by atoms with Gasteiger partial charge < -0.3 is 15.7 Å². The molecule has 0 amide bonds. The second-order valence-electron chi connectivity index (χ2n) is 3.98. The Kier molecular flexibility index (Phi) is 5.21. The number of hydrogen-bond acceptors (Lipinski definition) is 5. The topological polar surface area (TPSA) is 70.1 Å². The molecule has 0 aromatic carbocycles. The summed E-state index contributed by atoms with van der Waals surface area (Å²) in [6, 6.07) is 1.57. The van der Waals surface area contributed by atoms with Gasteiger partial charge in [0.2, 0.25) is 0 Å². The molecule has 18 heavy (non-hydrogen) atoms. The van der Waals surface area contributed by atoms with E-state index in [2.05, 4.69) is 20.6 Å². The predicted molar refractivity (Wildman–Crippen MR) is 66.1 cm³/mol. The van der Waals surface area contributed by atoms with E-state index in [9.17, 15) is 8.78 Å². The maximum atomic E-state index is 12.9. The van der Waals surface area contributed by atoms with Gasteiger partial charge in [0.25, 0.3) is 5.92 Å². The van der Waals surface area contributed by atoms with Crippen LogP contribution in [0.3, 0.4) is 0 Å². The fraction of sp³-hybridized carbons (Fsp3) is 0.636. The molecule has 0 aliphatic carbocycles. The molecule has 0 saturated heterocycles. The number of alkyl halides is 2. The number of hydrogen-bond donors (Lipinski definition) is 3. The van der Waals surface area contributed by atoms with Crippen molar-refractivity contribution in [3.05, 3.63) is 11.9 Å². The Balaban J connectivity index is 2.68. The third-order valence-electron chi connectivity index (χ3n) is 2.15. The van der Waals surface area contributed by atoms with Gasteiger partial charge in [-0.05, 0) is 13.3 Å². The van der Waals surface area contributed by atoms with Crippen molar-refractivity contribution in [2.45, 2.75) is 26.2 Å². The van der Waals surface area contributed by atoms with Crippen molar-refractivity contribution in [3.63, 3.8) is 0 Å². The lowest BCUT2D eigenvalue weighted by molar-refractivity contribution is -0.0373. The van der Waals surface area contributed by atoms with Crippen LogP contribution in [0.1, 0.15) is 19.2 Å². The van der Waals surface area contributed by atoms with Crippen molar-refractivity contribution >= 4 is 11.6 Å². The van der Waals surface area contributed by atoms with Crippen LogP contribution in [-0.2, 0) is 0 Å². The first-order chi connectivity index (χ1) is 8.46. The normalized spacial score (nSPS) is 11.4. The molecule has 5 nitrogen and oxygen atoms in total. The molecule has 3 N–H and O–H groups in total. The number of anilines is 2. The lowest BCUT2D eigenvalue weighted by atomic mass is 10.3. The Bertz CT molecular complexity index is 387. The molecule has 0 aliphatic rings. The second kappa shape index (κ2) is 6.44. The molecule has 0 atom stereocenters. The smallest absolute Gasteiger partial charge is 0.287 e. The van der Waals surface area contributed by atoms with E-state index >= 15 is 0 Å². The van der Waals surface area contributed by atoms with E-state index in [4.69, 9.17) is 5.11 Å². The third-order valence-corrected chi connectivity index (χ3v) is 2.15. The Hall–Kier alpha value is -1.50. The number of aromatic nitrogens is 2. The first kappa shape index (κ1) is 14.6. The molecule has 1 heterocycles. The molecule has 0 spiro atoms. The lowest BCUT2D eigenvalue weighted by Crippen LogP contribution is -2.31. The van der Waals surface area contributed by atoms with Crippen molar-refractivity contribution < 1.29 is 13.9 Å². The van der Waals surface area contributed by atoms with Gasteiger partial charge in [0, 0.05) is 12.6 Å². The van der Waals surface area contributed by atoms with E-state index < -0.39 is 19.1 Å². The Morgan fingerprint density at radius 1 is 1.28 bits per heavy atom. The minimum Gasteiger partial charge on any atom is -0.390 e. The largest absolute Gasteiger partial charge is 0.390 e. The average Bonchev–Trinajstić information content (AvgIpc) is 2.33. The molecular formula is C11H18F2N4O. The molecule has 102 valence electrons. The first-order valence-corrected chi connectivity index (χ1v) is 5.79. The van der Waals surface area contributed by atoms with Crippen molar-refractivity contribution in [2.24, 2.45) is 0 Å². The van der Waals surface area contributed by atoms with Gasteiger partial charge in [-0.25, -0.2) is 18.7 Å². The molecule has 0 radical (unpaired) electrons. The van der Waals surface area contributed by atoms with Crippen molar-refractivity contribution in [3.8, 4) is 0 Å². The van der Waals surface area contributed by atoms with Gasteiger partial charge in [-0.1, -0.05) is 6.92 Å². The molecule has 0 aliphatic heterocycles. The number of aliphatic hydroxyl groups is 1. The Morgan fingerprint density at radius 2 is 1.89 bits per heavy atom. The molecule has 0 unspecified atom stereocenters. The predicted octanol–water partition coefficient (Wildman–Crippen LogP) is 1.65. The van der Waals surface area contributed by atoms with Crippen molar-refractivity contribution in [1.82, 2.24) is 9.97 Å². The van der Waals surface area contributed by atoms with Crippen LogP contribution in [-0.4, -0.2) is 40.7 Å². The van der Waals surface area contributed by atoms with Gasteiger partial charge in [-0.15, -0.1) is 0 Å². The minimum absolute atomic E-state index is 0.314. The van der Waals surface area contributed by atoms with E-state index in [1.54, 1.807) is 13.0 Å². The highest BCUT2D eigenvalue weighted by Gasteiger charge is 2.27. The fourth-order valence-electron chi connectivity index (χ4n) is 1.28. The van der Waals surface area contributed by atoms with Crippen LogP contribution < -0.4 is 10.6 Å². The van der Waals surface area contributed by atoms with E-state index in [1.165, 1.54) is 0 Å². The summed E-state index contributed by atoms with van der Waals surface area (Å²) < 4.78 is 25.7. The molecule has 0 bridgehead atoms. The molecule has 7 heteroatoms. The summed E-state index contributed by atoms with van der Waals surface area (Å²) in [5, 5.41) is 14.0. The van der Waals surface area contributed by atoms with Crippen LogP contribution in [0.4, 0.5) is 20.4 Å². The van der Waals surface area contributed by atoms with Crippen LogP contribution in [0, 0.1) is 6.92 Å². The van der Waals surface area contributed by atoms with Crippen LogP contribution in [0.25, 0.3) is 0 Å². The SMILES string of the molecule is CCCNc1cc(NCC(F)(F)CO)nc(C)n1. The molecule has 1 rings (SSSR count). The van der Waals surface area contributed by atoms with Crippen LogP contribution in [0.2, 0.25) is 0 Å². The maximum absolute atomic E-state index is 12.9. The summed E-state index contributed by atoms with van der Waals surface area (Å²) >= 11 is 0. The van der Waals surface area contributed by atoms with Crippen LogP contribution in [0.15, 0.2) is 6.07 Å². The summed E-state index contributed by atoms with van der Waals surface area (Å²) in [7, 11) is 0. The summed E-state index contributed by atoms with van der Waals surface area (Å²) in [5.74, 6) is -1.75. The highest BCUT2D eigenvalue weighted by molar-refractivity contribution is 5.47. The number of halogens is 2. The summed E-state index contributed by atoms with van der Waals surface area (Å²) in [6.07, 6.45) is 0.939. The summed E-state index contributed by atoms with van der Waals surface area (Å²) in [6.45, 7) is 2.61. The van der Waals surface area contributed by atoms with Crippen molar-refractivity contribution in [2.75, 3.05) is 30.3 Å². The Labute approximate surface area is 105 Å². The van der Waals surface area contributed by atoms with Gasteiger partial charge in [-0.2, -0.15) is 0 Å². The van der Waals surface area contributed by atoms with Crippen LogP contribution >= 0.6 is 0 Å². The minimum atomic E-state index is -3.16. The van der Waals surface area contributed by atoms with E-state index in [1.807, 2.05) is 6.92 Å². The van der Waals surface area contributed by atoms with Gasteiger partial charge in [0.1, 0.15) is 24.1 Å². The zero-order valence-corrected chi connectivity index (χ0v) is 10.5. The highest BCUT2D eigenvalue weighted by Crippen LogP contribution is 2.15. The third kappa shape index (κ3) is 4.79. The van der Waals surface area contributed by atoms with E-state index in [0.717, 1.165) is 13.0 Å². The average molecular weight is 260 g/mol. The van der Waals surface area contributed by atoms with Gasteiger partial charge in [0.05, 0.1) is 6.54 Å². The Morgan fingerprint density at radius 3 is 2.44 bits per heavy atom. The van der Waals surface area contributed by atoms with E-state index in [-0.39, 0.29) is 0 Å². The van der Waals surface area contributed by atoms with Gasteiger partial charge in [-0.3, -0.25) is 0 Å². The summed E-state index contributed by atoms with van der Waals surface area (Å²) in [5.41, 5.74) is 0. The second-order valence-corrected chi connectivity index (χ2v) is 3.98. The number of rotatable bonds is 7. The van der Waals surface area contributed by atoms with Gasteiger partial charge in [0.15, 0.2) is 0 Å². The monoisotopic (exact) mass is 260 g/mol. The number of nitrogens with zero attached hydrogens (tertiary/aromatic N) is 2. The fourth-order valence-corrected chi connectivity index (χ4v) is 1.28.